The Labute approximate surface area is 182 Å². The van der Waals surface area contributed by atoms with E-state index in [2.05, 4.69) is 35.1 Å². The third-order valence-corrected chi connectivity index (χ3v) is 6.41. The lowest BCUT2D eigenvalue weighted by Crippen LogP contribution is -2.50. The number of carbonyl (C=O) groups excluding carboxylic acids is 1. The molecule has 10 heteroatoms. The molecule has 0 aromatic carbocycles. The molecule has 3 aliphatic rings. The number of hydrogen-bond acceptors (Lipinski definition) is 9. The molecule has 1 amide bonds. The second-order valence-corrected chi connectivity index (χ2v) is 8.40. The quantitative estimate of drug-likeness (QED) is 0.739. The summed E-state index contributed by atoms with van der Waals surface area (Å²) in [7, 11) is 1.95. The average molecular weight is 424 g/mol. The molecule has 2 aromatic rings. The molecule has 10 nitrogen and oxygen atoms in total. The number of aromatic nitrogens is 4. The van der Waals surface area contributed by atoms with Crippen molar-refractivity contribution in [3.63, 3.8) is 0 Å². The maximum absolute atomic E-state index is 13.1. The molecule has 5 rings (SSSR count). The van der Waals surface area contributed by atoms with Gasteiger partial charge in [0.15, 0.2) is 0 Å². The van der Waals surface area contributed by atoms with Gasteiger partial charge in [0.2, 0.25) is 11.9 Å². The Hall–Kier alpha value is -3.01. The van der Waals surface area contributed by atoms with Crippen LogP contribution in [0.3, 0.4) is 0 Å². The summed E-state index contributed by atoms with van der Waals surface area (Å²) in [6, 6.07) is 2.06. The van der Waals surface area contributed by atoms with Gasteiger partial charge in [0.25, 0.3) is 0 Å². The van der Waals surface area contributed by atoms with Crippen LogP contribution in [0.5, 0.6) is 0 Å². The summed E-state index contributed by atoms with van der Waals surface area (Å²) in [6.07, 6.45) is 7.32. The van der Waals surface area contributed by atoms with Crippen LogP contribution in [-0.4, -0.2) is 89.6 Å². The van der Waals surface area contributed by atoms with E-state index in [0.717, 1.165) is 75.3 Å². The first-order valence-corrected chi connectivity index (χ1v) is 11.0. The third-order valence-electron chi connectivity index (χ3n) is 6.41. The highest BCUT2D eigenvalue weighted by Crippen LogP contribution is 2.31. The van der Waals surface area contributed by atoms with E-state index in [1.807, 2.05) is 22.9 Å². The fraction of sp³-hybridized carbons (Fsp3) is 0.571. The molecule has 2 fully saturated rings. The lowest BCUT2D eigenvalue weighted by molar-refractivity contribution is -0.132. The fourth-order valence-corrected chi connectivity index (χ4v) is 4.77. The zero-order chi connectivity index (χ0) is 21.2. The summed E-state index contributed by atoms with van der Waals surface area (Å²) >= 11 is 0. The molecule has 164 valence electrons. The van der Waals surface area contributed by atoms with Crippen molar-refractivity contribution in [1.82, 2.24) is 30.2 Å². The van der Waals surface area contributed by atoms with E-state index < -0.39 is 0 Å². The average Bonchev–Trinajstić information content (AvgIpc) is 2.96. The molecule has 5 heterocycles. The van der Waals surface area contributed by atoms with E-state index in [0.29, 0.717) is 13.1 Å². The Balaban J connectivity index is 1.39. The summed E-state index contributed by atoms with van der Waals surface area (Å²) in [5.74, 6) is 2.73. The van der Waals surface area contributed by atoms with Crippen LogP contribution in [0.2, 0.25) is 0 Å². The van der Waals surface area contributed by atoms with Gasteiger partial charge in [0.05, 0.1) is 18.7 Å². The number of piperazine rings is 1. The van der Waals surface area contributed by atoms with Crippen molar-refractivity contribution < 1.29 is 4.79 Å². The highest BCUT2D eigenvalue weighted by molar-refractivity contribution is 5.84. The molecule has 0 saturated carbocycles. The van der Waals surface area contributed by atoms with E-state index in [-0.39, 0.29) is 11.9 Å². The van der Waals surface area contributed by atoms with Crippen molar-refractivity contribution in [2.24, 2.45) is 0 Å². The van der Waals surface area contributed by atoms with Crippen LogP contribution in [0, 0.1) is 0 Å². The molecule has 0 aliphatic carbocycles. The van der Waals surface area contributed by atoms with Gasteiger partial charge < -0.3 is 24.9 Å². The molecular formula is C21H29N9O. The fourth-order valence-electron chi connectivity index (χ4n) is 4.77. The van der Waals surface area contributed by atoms with E-state index in [4.69, 9.17) is 0 Å². The van der Waals surface area contributed by atoms with Crippen LogP contribution < -0.4 is 20.0 Å². The van der Waals surface area contributed by atoms with Crippen molar-refractivity contribution in [2.45, 2.75) is 25.4 Å². The summed E-state index contributed by atoms with van der Waals surface area (Å²) in [4.78, 5) is 39.6. The van der Waals surface area contributed by atoms with Gasteiger partial charge in [-0.1, -0.05) is 0 Å². The minimum Gasteiger partial charge on any atom is -0.353 e. The van der Waals surface area contributed by atoms with Crippen molar-refractivity contribution in [3.8, 4) is 0 Å². The topological polar surface area (TPSA) is 93.6 Å². The summed E-state index contributed by atoms with van der Waals surface area (Å²) in [5, 5.41) is 3.44. The predicted molar refractivity (Wildman–Crippen MR) is 118 cm³/mol. The number of rotatable bonds is 3. The second-order valence-electron chi connectivity index (χ2n) is 8.40. The molecule has 1 N–H and O–H groups in total. The zero-order valence-corrected chi connectivity index (χ0v) is 17.9. The lowest BCUT2D eigenvalue weighted by atomic mass is 10.0. The van der Waals surface area contributed by atoms with E-state index in [1.54, 1.807) is 18.7 Å². The highest BCUT2D eigenvalue weighted by atomic mass is 16.2. The molecule has 31 heavy (non-hydrogen) atoms. The molecule has 3 aliphatic heterocycles. The smallest absolute Gasteiger partial charge is 0.242 e. The number of hydrogen-bond donors (Lipinski definition) is 1. The molecule has 0 spiro atoms. The Morgan fingerprint density at radius 1 is 0.968 bits per heavy atom. The van der Waals surface area contributed by atoms with E-state index in [1.165, 1.54) is 0 Å². The summed E-state index contributed by atoms with van der Waals surface area (Å²) < 4.78 is 0. The van der Waals surface area contributed by atoms with Crippen molar-refractivity contribution in [1.29, 1.82) is 0 Å². The molecule has 1 unspecified atom stereocenters. The van der Waals surface area contributed by atoms with E-state index >= 15 is 0 Å². The van der Waals surface area contributed by atoms with Crippen LogP contribution in [0.25, 0.3) is 0 Å². The SMILES string of the molecule is CN1CC(=O)N(C2CCCNC2)Cc2c1ncnc2N1CCN(c2ncccn2)CC1. The molecular weight excluding hydrogens is 394 g/mol. The van der Waals surface area contributed by atoms with Gasteiger partial charge in [0, 0.05) is 58.2 Å². The van der Waals surface area contributed by atoms with Crippen molar-refractivity contribution in [2.75, 3.05) is 67.6 Å². The van der Waals surface area contributed by atoms with Crippen LogP contribution in [0.1, 0.15) is 18.4 Å². The number of piperidine rings is 1. The third kappa shape index (κ3) is 3.99. The van der Waals surface area contributed by atoms with Crippen LogP contribution >= 0.6 is 0 Å². The number of amides is 1. The zero-order valence-electron chi connectivity index (χ0n) is 17.9. The molecule has 0 bridgehead atoms. The normalized spacial score (nSPS) is 22.4. The van der Waals surface area contributed by atoms with Gasteiger partial charge in [-0.15, -0.1) is 0 Å². The second kappa shape index (κ2) is 8.62. The van der Waals surface area contributed by atoms with Crippen molar-refractivity contribution in [3.05, 3.63) is 30.4 Å². The standard InChI is InChI=1S/C21H29N9O/c1-27-14-18(31)30(16-4-2-5-22-12-16)13-17-19(27)25-15-26-20(17)28-8-10-29(11-9-28)21-23-6-3-7-24-21/h3,6-7,15-16,22H,2,4-5,8-14H2,1H3. The molecule has 2 aromatic heterocycles. The Bertz CT molecular complexity index is 910. The monoisotopic (exact) mass is 423 g/mol. The first-order valence-electron chi connectivity index (χ1n) is 11.0. The Morgan fingerprint density at radius 2 is 1.71 bits per heavy atom. The van der Waals surface area contributed by atoms with E-state index in [9.17, 15) is 4.79 Å². The van der Waals surface area contributed by atoms with Crippen molar-refractivity contribution >= 4 is 23.5 Å². The highest BCUT2D eigenvalue weighted by Gasteiger charge is 2.33. The lowest BCUT2D eigenvalue weighted by Gasteiger charge is -2.37. The minimum atomic E-state index is 0.159. The van der Waals surface area contributed by atoms with Gasteiger partial charge >= 0.3 is 0 Å². The number of anilines is 3. The Morgan fingerprint density at radius 3 is 2.45 bits per heavy atom. The van der Waals surface area contributed by atoms with Gasteiger partial charge in [0.1, 0.15) is 18.0 Å². The minimum absolute atomic E-state index is 0.159. The van der Waals surface area contributed by atoms with Gasteiger partial charge in [-0.25, -0.2) is 19.9 Å². The Kier molecular flexibility index (Phi) is 5.54. The number of nitrogens with one attached hydrogen (secondary N) is 1. The van der Waals surface area contributed by atoms with Gasteiger partial charge in [-0.2, -0.15) is 0 Å². The number of fused-ring (bicyclic) bond motifs is 1. The number of likely N-dealkylation sites (N-methyl/N-ethyl adjacent to an activating group) is 1. The predicted octanol–water partition coefficient (Wildman–Crippen LogP) is 0.124. The maximum atomic E-state index is 13.1. The number of carbonyl (C=O) groups is 1. The molecule has 0 radical (unpaired) electrons. The first-order chi connectivity index (χ1) is 15.2. The number of nitrogens with zero attached hydrogens (tertiary/aromatic N) is 8. The summed E-state index contributed by atoms with van der Waals surface area (Å²) in [5.41, 5.74) is 1.05. The van der Waals surface area contributed by atoms with Gasteiger partial charge in [-0.3, -0.25) is 4.79 Å². The van der Waals surface area contributed by atoms with Crippen LogP contribution in [-0.2, 0) is 11.3 Å². The van der Waals surface area contributed by atoms with Crippen LogP contribution in [0.4, 0.5) is 17.6 Å². The maximum Gasteiger partial charge on any atom is 0.242 e. The molecule has 2 saturated heterocycles. The largest absolute Gasteiger partial charge is 0.353 e. The first kappa shape index (κ1) is 19.9. The summed E-state index contributed by atoms with van der Waals surface area (Å²) in [6.45, 7) is 6.08. The van der Waals surface area contributed by atoms with Crippen LogP contribution in [0.15, 0.2) is 24.8 Å². The molecule has 1 atom stereocenters. The van der Waals surface area contributed by atoms with Gasteiger partial charge in [-0.05, 0) is 25.5 Å².